The zero-order valence-corrected chi connectivity index (χ0v) is 11.7. The summed E-state index contributed by atoms with van der Waals surface area (Å²) in [7, 11) is 0. The van der Waals surface area contributed by atoms with Gasteiger partial charge in [-0.3, -0.25) is 4.79 Å². The van der Waals surface area contributed by atoms with Crippen molar-refractivity contribution < 1.29 is 27.4 Å². The van der Waals surface area contributed by atoms with E-state index in [0.29, 0.717) is 5.56 Å². The summed E-state index contributed by atoms with van der Waals surface area (Å²) in [6, 6.07) is 3.75. The van der Waals surface area contributed by atoms with E-state index in [2.05, 4.69) is 4.74 Å². The number of ether oxygens (including phenoxy) is 2. The minimum atomic E-state index is -4.92. The second-order valence-electron chi connectivity index (χ2n) is 3.89. The normalized spacial score (nSPS) is 10.9. The van der Waals surface area contributed by atoms with E-state index in [4.69, 9.17) is 21.6 Å². The number of halogens is 4. The van der Waals surface area contributed by atoms with Crippen molar-refractivity contribution in [2.24, 2.45) is 0 Å². The van der Waals surface area contributed by atoms with Gasteiger partial charge in [0.1, 0.15) is 11.8 Å². The molecule has 0 N–H and O–H groups in total. The van der Waals surface area contributed by atoms with Crippen LogP contribution in [-0.2, 0) is 21.8 Å². The molecule has 0 spiro atoms. The standard InChI is InChI=1S/C13H11ClF3NO3/c1-2-20-12(19)5-8-3-10(7-18)11(4-9(8)6-14)21-13(15,16)17/h3-4H,2,5-6H2,1H3. The van der Waals surface area contributed by atoms with Crippen LogP contribution in [-0.4, -0.2) is 18.9 Å². The predicted molar refractivity (Wildman–Crippen MR) is 67.7 cm³/mol. The van der Waals surface area contributed by atoms with Crippen LogP contribution in [0, 0.1) is 11.3 Å². The highest BCUT2D eigenvalue weighted by molar-refractivity contribution is 6.17. The molecular formula is C13H11ClF3NO3. The van der Waals surface area contributed by atoms with Crippen molar-refractivity contribution in [1.82, 2.24) is 0 Å². The molecule has 0 aliphatic rings. The molecule has 1 aromatic rings. The largest absolute Gasteiger partial charge is 0.573 e. The fourth-order valence-electron chi connectivity index (χ4n) is 1.62. The first-order valence-electron chi connectivity index (χ1n) is 5.84. The lowest BCUT2D eigenvalue weighted by molar-refractivity contribution is -0.274. The van der Waals surface area contributed by atoms with Crippen LogP contribution in [0.4, 0.5) is 13.2 Å². The van der Waals surface area contributed by atoms with Crippen LogP contribution in [0.2, 0.25) is 0 Å². The highest BCUT2D eigenvalue weighted by atomic mass is 35.5. The molecule has 0 aromatic heterocycles. The number of rotatable bonds is 5. The molecule has 0 aliphatic carbocycles. The molecule has 0 bridgehead atoms. The second-order valence-corrected chi connectivity index (χ2v) is 4.16. The molecule has 1 rings (SSSR count). The molecule has 1 aromatic carbocycles. The number of nitrogens with zero attached hydrogens (tertiary/aromatic N) is 1. The predicted octanol–water partition coefficient (Wildman–Crippen LogP) is 3.30. The molecule has 0 unspecified atom stereocenters. The molecule has 0 atom stereocenters. The minimum absolute atomic E-state index is 0.130. The molecule has 0 heterocycles. The summed E-state index contributed by atoms with van der Waals surface area (Å²) in [4.78, 5) is 11.4. The van der Waals surface area contributed by atoms with Crippen molar-refractivity contribution in [2.45, 2.75) is 25.6 Å². The lowest BCUT2D eigenvalue weighted by Crippen LogP contribution is -2.18. The third-order valence-electron chi connectivity index (χ3n) is 2.43. The van der Waals surface area contributed by atoms with Gasteiger partial charge in [-0.25, -0.2) is 0 Å². The van der Waals surface area contributed by atoms with Crippen LogP contribution in [0.3, 0.4) is 0 Å². The molecule has 0 saturated heterocycles. The molecule has 0 radical (unpaired) electrons. The minimum Gasteiger partial charge on any atom is -0.466 e. The lowest BCUT2D eigenvalue weighted by atomic mass is 10.0. The Morgan fingerprint density at radius 3 is 2.52 bits per heavy atom. The van der Waals surface area contributed by atoms with Gasteiger partial charge in [-0.1, -0.05) is 0 Å². The molecule has 0 saturated carbocycles. The summed E-state index contributed by atoms with van der Waals surface area (Å²) in [6.45, 7) is 1.80. The van der Waals surface area contributed by atoms with Gasteiger partial charge in [-0.05, 0) is 30.2 Å². The van der Waals surface area contributed by atoms with Gasteiger partial charge < -0.3 is 9.47 Å². The van der Waals surface area contributed by atoms with Crippen molar-refractivity contribution in [3.05, 3.63) is 28.8 Å². The van der Waals surface area contributed by atoms with E-state index in [1.54, 1.807) is 13.0 Å². The maximum absolute atomic E-state index is 12.3. The topological polar surface area (TPSA) is 59.3 Å². The number of hydrogen-bond donors (Lipinski definition) is 0. The second kappa shape index (κ2) is 7.18. The van der Waals surface area contributed by atoms with Crippen molar-refractivity contribution in [3.8, 4) is 11.8 Å². The van der Waals surface area contributed by atoms with Gasteiger partial charge in [-0.2, -0.15) is 5.26 Å². The van der Waals surface area contributed by atoms with Crippen molar-refractivity contribution in [2.75, 3.05) is 6.61 Å². The highest BCUT2D eigenvalue weighted by Crippen LogP contribution is 2.30. The number of carbonyl (C=O) groups is 1. The van der Waals surface area contributed by atoms with Crippen LogP contribution >= 0.6 is 11.6 Å². The van der Waals surface area contributed by atoms with Gasteiger partial charge in [0, 0.05) is 5.88 Å². The van der Waals surface area contributed by atoms with Gasteiger partial charge in [0.05, 0.1) is 18.6 Å². The molecule has 0 fully saturated rings. The first-order chi connectivity index (χ1) is 9.80. The van der Waals surface area contributed by atoms with E-state index in [9.17, 15) is 18.0 Å². The lowest BCUT2D eigenvalue weighted by Gasteiger charge is -2.14. The van der Waals surface area contributed by atoms with Crippen molar-refractivity contribution in [1.29, 1.82) is 5.26 Å². The average molecular weight is 322 g/mol. The van der Waals surface area contributed by atoms with Gasteiger partial charge in [0.2, 0.25) is 0 Å². The Hall–Kier alpha value is -1.94. The molecule has 21 heavy (non-hydrogen) atoms. The summed E-state index contributed by atoms with van der Waals surface area (Å²) in [5.74, 6) is -1.33. The third kappa shape index (κ3) is 5.16. The number of benzene rings is 1. The highest BCUT2D eigenvalue weighted by Gasteiger charge is 2.32. The Labute approximate surface area is 124 Å². The number of carbonyl (C=O) groups excluding carboxylic acids is 1. The molecule has 0 aliphatic heterocycles. The van der Waals surface area contributed by atoms with Gasteiger partial charge in [0.15, 0.2) is 0 Å². The summed E-state index contributed by atoms with van der Waals surface area (Å²) in [5.41, 5.74) is 0.262. The number of nitriles is 1. The molecule has 114 valence electrons. The first kappa shape index (κ1) is 17.1. The summed E-state index contributed by atoms with van der Waals surface area (Å²) < 4.78 is 45.3. The van der Waals surface area contributed by atoms with E-state index in [1.165, 1.54) is 0 Å². The molecular weight excluding hydrogens is 311 g/mol. The third-order valence-corrected chi connectivity index (χ3v) is 2.72. The van der Waals surface area contributed by atoms with E-state index in [-0.39, 0.29) is 30.0 Å². The number of hydrogen-bond acceptors (Lipinski definition) is 4. The molecule has 4 nitrogen and oxygen atoms in total. The zero-order chi connectivity index (χ0) is 16.0. The van der Waals surface area contributed by atoms with Crippen LogP contribution < -0.4 is 4.74 Å². The first-order valence-corrected chi connectivity index (χ1v) is 6.37. The molecule has 0 amide bonds. The Balaban J connectivity index is 3.17. The van der Waals surface area contributed by atoms with Crippen LogP contribution in [0.1, 0.15) is 23.6 Å². The van der Waals surface area contributed by atoms with E-state index < -0.39 is 18.1 Å². The number of esters is 1. The number of alkyl halides is 4. The van der Waals surface area contributed by atoms with E-state index in [1.807, 2.05) is 0 Å². The van der Waals surface area contributed by atoms with Crippen LogP contribution in [0.5, 0.6) is 5.75 Å². The van der Waals surface area contributed by atoms with E-state index in [0.717, 1.165) is 12.1 Å². The molecule has 8 heteroatoms. The van der Waals surface area contributed by atoms with Crippen LogP contribution in [0.25, 0.3) is 0 Å². The van der Waals surface area contributed by atoms with Gasteiger partial charge in [-0.15, -0.1) is 24.8 Å². The Morgan fingerprint density at radius 2 is 2.05 bits per heavy atom. The monoisotopic (exact) mass is 321 g/mol. The van der Waals surface area contributed by atoms with Gasteiger partial charge in [0.25, 0.3) is 0 Å². The zero-order valence-electron chi connectivity index (χ0n) is 11.0. The Morgan fingerprint density at radius 1 is 1.38 bits per heavy atom. The Bertz CT molecular complexity index is 567. The average Bonchev–Trinajstić information content (AvgIpc) is 2.38. The fourth-order valence-corrected chi connectivity index (χ4v) is 1.87. The summed E-state index contributed by atoms with van der Waals surface area (Å²) in [5, 5.41) is 8.89. The van der Waals surface area contributed by atoms with E-state index >= 15 is 0 Å². The SMILES string of the molecule is CCOC(=O)Cc1cc(C#N)c(OC(F)(F)F)cc1CCl. The smallest absolute Gasteiger partial charge is 0.466 e. The quantitative estimate of drug-likeness (QED) is 0.616. The van der Waals surface area contributed by atoms with Crippen LogP contribution in [0.15, 0.2) is 12.1 Å². The van der Waals surface area contributed by atoms with Crippen molar-refractivity contribution >= 4 is 17.6 Å². The van der Waals surface area contributed by atoms with Gasteiger partial charge >= 0.3 is 12.3 Å². The fraction of sp³-hybridized carbons (Fsp3) is 0.385. The maximum Gasteiger partial charge on any atom is 0.573 e. The Kier molecular flexibility index (Phi) is 5.85. The summed E-state index contributed by atoms with van der Waals surface area (Å²) in [6.07, 6.45) is -5.10. The van der Waals surface area contributed by atoms with Crippen molar-refractivity contribution in [3.63, 3.8) is 0 Å². The summed E-state index contributed by atoms with van der Waals surface area (Å²) >= 11 is 5.66. The maximum atomic E-state index is 12.3.